The number of aromatic nitrogens is 1. The number of fused-ring (bicyclic) bond motifs is 1. The summed E-state index contributed by atoms with van der Waals surface area (Å²) in [6.07, 6.45) is 2.63. The van der Waals surface area contributed by atoms with Gasteiger partial charge in [0, 0.05) is 41.5 Å². The molecule has 5 nitrogen and oxygen atoms in total. The van der Waals surface area contributed by atoms with Gasteiger partial charge in [0.25, 0.3) is 0 Å². The molecule has 0 aliphatic heterocycles. The zero-order valence-corrected chi connectivity index (χ0v) is 20.4. The molecular weight excluding hydrogens is 459 g/mol. The molecular formula is C26H26Cl2N2O3. The van der Waals surface area contributed by atoms with E-state index >= 15 is 0 Å². The Labute approximate surface area is 203 Å². The highest BCUT2D eigenvalue weighted by atomic mass is 35.5. The number of nitriles is 1. The number of nitrogens with zero attached hydrogens (tertiary/aromatic N) is 2. The van der Waals surface area contributed by atoms with E-state index in [1.54, 1.807) is 12.1 Å². The van der Waals surface area contributed by atoms with Gasteiger partial charge in [-0.15, -0.1) is 0 Å². The Bertz CT molecular complexity index is 1290. The zero-order valence-electron chi connectivity index (χ0n) is 18.9. The number of benzene rings is 2. The molecule has 0 amide bonds. The molecule has 1 heterocycles. The van der Waals surface area contributed by atoms with Crippen LogP contribution < -0.4 is 4.74 Å². The van der Waals surface area contributed by atoms with Gasteiger partial charge in [0.05, 0.1) is 28.2 Å². The van der Waals surface area contributed by atoms with Crippen molar-refractivity contribution in [2.75, 3.05) is 0 Å². The van der Waals surface area contributed by atoms with Crippen molar-refractivity contribution >= 4 is 40.1 Å². The van der Waals surface area contributed by atoms with E-state index in [0.29, 0.717) is 53.5 Å². The minimum atomic E-state index is -0.760. The standard InChI is InChI=1S/C26H26Cl2N2O3/c1-4-26(25(31)32)8-7-18(13-26)33-23-6-5-21(27)20(24(23)28)12-17-11-19-15(2)9-16(14-29)10-22(19)30(17)3/h5-6,9-11,18H,4,7-8,12-13H2,1-3H3,(H,31,32). The van der Waals surface area contributed by atoms with Gasteiger partial charge in [0.15, 0.2) is 0 Å². The van der Waals surface area contributed by atoms with E-state index in [1.165, 1.54) is 0 Å². The smallest absolute Gasteiger partial charge is 0.309 e. The fraction of sp³-hybridized carbons (Fsp3) is 0.385. The van der Waals surface area contributed by atoms with E-state index in [-0.39, 0.29) is 6.10 Å². The summed E-state index contributed by atoms with van der Waals surface area (Å²) >= 11 is 13.3. The highest BCUT2D eigenvalue weighted by molar-refractivity contribution is 6.37. The molecule has 2 atom stereocenters. The van der Waals surface area contributed by atoms with Crippen LogP contribution in [0.2, 0.25) is 10.0 Å². The SMILES string of the molecule is CCC1(C(=O)O)CCC(Oc2ccc(Cl)c(Cc3cc4c(C)cc(C#N)cc4n3C)c2Cl)C1. The molecule has 1 aliphatic rings. The number of aliphatic carboxylic acids is 1. The maximum Gasteiger partial charge on any atom is 0.309 e. The third kappa shape index (κ3) is 4.18. The predicted molar refractivity (Wildman–Crippen MR) is 130 cm³/mol. The summed E-state index contributed by atoms with van der Waals surface area (Å²) in [6, 6.07) is 11.6. The third-order valence-electron chi connectivity index (χ3n) is 7.09. The molecule has 0 spiro atoms. The maximum absolute atomic E-state index is 11.8. The van der Waals surface area contributed by atoms with E-state index in [2.05, 4.69) is 16.7 Å². The van der Waals surface area contributed by atoms with Crippen LogP contribution >= 0.6 is 23.2 Å². The highest BCUT2D eigenvalue weighted by Crippen LogP contribution is 2.44. The Morgan fingerprint density at radius 2 is 2.09 bits per heavy atom. The van der Waals surface area contributed by atoms with Crippen LogP contribution in [0.3, 0.4) is 0 Å². The van der Waals surface area contributed by atoms with Crippen molar-refractivity contribution < 1.29 is 14.6 Å². The fourth-order valence-corrected chi connectivity index (χ4v) is 5.48. The first-order valence-electron chi connectivity index (χ1n) is 11.0. The number of halogens is 2. The molecule has 172 valence electrons. The summed E-state index contributed by atoms with van der Waals surface area (Å²) in [5.74, 6) is -0.232. The maximum atomic E-state index is 11.8. The molecule has 1 N–H and O–H groups in total. The first kappa shape index (κ1) is 23.5. The average molecular weight is 485 g/mol. The topological polar surface area (TPSA) is 75.2 Å². The minimum absolute atomic E-state index is 0.197. The Morgan fingerprint density at radius 1 is 1.33 bits per heavy atom. The van der Waals surface area contributed by atoms with Gasteiger partial charge in [0.2, 0.25) is 0 Å². The Hall–Kier alpha value is -2.68. The number of aryl methyl sites for hydroxylation is 2. The molecule has 0 radical (unpaired) electrons. The second-order valence-corrected chi connectivity index (χ2v) is 9.75. The largest absolute Gasteiger partial charge is 0.489 e. The molecule has 1 saturated carbocycles. The van der Waals surface area contributed by atoms with Crippen molar-refractivity contribution in [1.29, 1.82) is 5.26 Å². The summed E-state index contributed by atoms with van der Waals surface area (Å²) in [5, 5.41) is 21.1. The van der Waals surface area contributed by atoms with Crippen LogP contribution in [0.5, 0.6) is 5.75 Å². The summed E-state index contributed by atoms with van der Waals surface area (Å²) in [4.78, 5) is 11.8. The molecule has 2 unspecified atom stereocenters. The van der Waals surface area contributed by atoms with Gasteiger partial charge < -0.3 is 14.4 Å². The lowest BCUT2D eigenvalue weighted by molar-refractivity contribution is -0.149. The Morgan fingerprint density at radius 3 is 2.73 bits per heavy atom. The van der Waals surface area contributed by atoms with Gasteiger partial charge in [-0.25, -0.2) is 0 Å². The van der Waals surface area contributed by atoms with Crippen LogP contribution in [0.15, 0.2) is 30.3 Å². The molecule has 1 aromatic heterocycles. The van der Waals surface area contributed by atoms with Crippen LogP contribution in [-0.2, 0) is 18.3 Å². The van der Waals surface area contributed by atoms with Gasteiger partial charge in [-0.1, -0.05) is 30.1 Å². The lowest BCUT2D eigenvalue weighted by Gasteiger charge is -2.23. The lowest BCUT2D eigenvalue weighted by Crippen LogP contribution is -2.28. The summed E-state index contributed by atoms with van der Waals surface area (Å²) < 4.78 is 8.25. The van der Waals surface area contributed by atoms with Gasteiger partial charge in [-0.05, 0) is 67.6 Å². The van der Waals surface area contributed by atoms with Gasteiger partial charge in [-0.2, -0.15) is 5.26 Å². The van der Waals surface area contributed by atoms with Crippen LogP contribution in [-0.4, -0.2) is 21.7 Å². The second kappa shape index (κ2) is 8.93. The zero-order chi connectivity index (χ0) is 23.9. The normalized spacial score (nSPS) is 20.2. The molecule has 4 rings (SSSR count). The number of hydrogen-bond donors (Lipinski definition) is 1. The molecule has 7 heteroatoms. The quantitative estimate of drug-likeness (QED) is 0.423. The van der Waals surface area contributed by atoms with E-state index in [0.717, 1.165) is 27.7 Å². The number of carboxylic acid groups (broad SMARTS) is 1. The summed E-state index contributed by atoms with van der Waals surface area (Å²) in [5.41, 5.74) is 3.70. The fourth-order valence-electron chi connectivity index (χ4n) is 4.93. The molecule has 1 fully saturated rings. The summed E-state index contributed by atoms with van der Waals surface area (Å²) in [6.45, 7) is 3.91. The Kier molecular flexibility index (Phi) is 6.35. The number of hydrogen-bond acceptors (Lipinski definition) is 3. The van der Waals surface area contributed by atoms with Crippen LogP contribution in [0.4, 0.5) is 0 Å². The number of ether oxygens (including phenoxy) is 1. The van der Waals surface area contributed by atoms with Crippen molar-refractivity contribution in [3.05, 3.63) is 62.8 Å². The van der Waals surface area contributed by atoms with Crippen molar-refractivity contribution in [2.24, 2.45) is 12.5 Å². The monoisotopic (exact) mass is 484 g/mol. The molecule has 33 heavy (non-hydrogen) atoms. The van der Waals surface area contributed by atoms with Crippen LogP contribution in [0, 0.1) is 23.7 Å². The Balaban J connectivity index is 1.64. The van der Waals surface area contributed by atoms with E-state index in [4.69, 9.17) is 27.9 Å². The first-order chi connectivity index (χ1) is 15.7. The summed E-state index contributed by atoms with van der Waals surface area (Å²) in [7, 11) is 1.97. The van der Waals surface area contributed by atoms with E-state index in [9.17, 15) is 15.2 Å². The highest BCUT2D eigenvalue weighted by Gasteiger charge is 2.45. The van der Waals surface area contributed by atoms with Crippen molar-refractivity contribution in [3.63, 3.8) is 0 Å². The van der Waals surface area contributed by atoms with E-state index in [1.807, 2.05) is 33.0 Å². The molecule has 2 aromatic carbocycles. The number of rotatable bonds is 6. The molecule has 1 aliphatic carbocycles. The van der Waals surface area contributed by atoms with Crippen LogP contribution in [0.25, 0.3) is 10.9 Å². The molecule has 0 bridgehead atoms. The second-order valence-electron chi connectivity index (χ2n) is 8.97. The van der Waals surface area contributed by atoms with Crippen molar-refractivity contribution in [1.82, 2.24) is 4.57 Å². The lowest BCUT2D eigenvalue weighted by atomic mass is 9.83. The van der Waals surface area contributed by atoms with Gasteiger partial charge in [0.1, 0.15) is 5.75 Å². The first-order valence-corrected chi connectivity index (χ1v) is 11.8. The van der Waals surface area contributed by atoms with Gasteiger partial charge in [-0.3, -0.25) is 4.79 Å². The molecule has 0 saturated heterocycles. The van der Waals surface area contributed by atoms with Crippen LogP contribution in [0.1, 0.15) is 55.0 Å². The number of carboxylic acids is 1. The van der Waals surface area contributed by atoms with Crippen molar-refractivity contribution in [3.8, 4) is 11.8 Å². The third-order valence-corrected chi connectivity index (χ3v) is 7.86. The molecule has 3 aromatic rings. The van der Waals surface area contributed by atoms with Gasteiger partial charge >= 0.3 is 5.97 Å². The predicted octanol–water partition coefficient (Wildman–Crippen LogP) is 6.67. The van der Waals surface area contributed by atoms with E-state index < -0.39 is 11.4 Å². The average Bonchev–Trinajstić information content (AvgIpc) is 3.35. The van der Waals surface area contributed by atoms with Crippen molar-refractivity contribution in [2.45, 2.75) is 52.1 Å². The minimum Gasteiger partial charge on any atom is -0.489 e. The number of carbonyl (C=O) groups is 1.